The summed E-state index contributed by atoms with van der Waals surface area (Å²) >= 11 is 0. The van der Waals surface area contributed by atoms with Crippen LogP contribution in [0.1, 0.15) is 52.4 Å². The monoisotopic (exact) mass is 292 g/mol. The van der Waals surface area contributed by atoms with E-state index in [-0.39, 0.29) is 18.4 Å². The molecule has 1 saturated carbocycles. The summed E-state index contributed by atoms with van der Waals surface area (Å²) < 4.78 is 38.4. The Morgan fingerprint density at radius 1 is 1.05 bits per heavy atom. The molecule has 20 heavy (non-hydrogen) atoms. The first-order valence-corrected chi connectivity index (χ1v) is 7.70. The van der Waals surface area contributed by atoms with Crippen molar-refractivity contribution in [2.75, 3.05) is 19.6 Å². The van der Waals surface area contributed by atoms with E-state index in [1.807, 2.05) is 0 Å². The molecule has 0 spiro atoms. The van der Waals surface area contributed by atoms with Gasteiger partial charge < -0.3 is 5.73 Å². The second kappa shape index (κ2) is 5.48. The number of rotatable bonds is 2. The van der Waals surface area contributed by atoms with Crippen molar-refractivity contribution in [2.24, 2.45) is 17.1 Å². The Kier molecular flexibility index (Phi) is 4.41. The number of likely N-dealkylation sites (tertiary alicyclic amines) is 1. The Morgan fingerprint density at radius 2 is 1.55 bits per heavy atom. The molecule has 5 heteroatoms. The lowest BCUT2D eigenvalue weighted by atomic mass is 9.73. The van der Waals surface area contributed by atoms with Crippen molar-refractivity contribution in [3.8, 4) is 0 Å². The van der Waals surface area contributed by atoms with Crippen LogP contribution in [0, 0.1) is 11.3 Å². The zero-order chi connectivity index (χ0) is 15.0. The highest BCUT2D eigenvalue weighted by Gasteiger charge is 2.48. The number of piperidine rings is 1. The normalized spacial score (nSPS) is 36.0. The SMILES string of the molecule is CC1(C)CCN(C2(CN)CCC(C(F)(F)F)CC2)CC1. The third kappa shape index (κ3) is 3.30. The van der Waals surface area contributed by atoms with E-state index in [1.165, 1.54) is 0 Å². The largest absolute Gasteiger partial charge is 0.391 e. The predicted octanol–water partition coefficient (Wildman–Crippen LogP) is 3.56. The van der Waals surface area contributed by atoms with Crippen molar-refractivity contribution in [3.05, 3.63) is 0 Å². The van der Waals surface area contributed by atoms with Crippen molar-refractivity contribution in [1.29, 1.82) is 0 Å². The Labute approximate surface area is 119 Å². The van der Waals surface area contributed by atoms with Crippen LogP contribution in [-0.2, 0) is 0 Å². The zero-order valence-electron chi connectivity index (χ0n) is 12.6. The van der Waals surface area contributed by atoms with E-state index in [0.717, 1.165) is 25.9 Å². The van der Waals surface area contributed by atoms with Crippen molar-refractivity contribution >= 4 is 0 Å². The summed E-state index contributed by atoms with van der Waals surface area (Å²) in [5.41, 5.74) is 6.14. The molecule has 118 valence electrons. The molecule has 2 rings (SSSR count). The lowest BCUT2D eigenvalue weighted by molar-refractivity contribution is -0.189. The standard InChI is InChI=1S/C15H27F3N2/c1-13(2)7-9-20(10-8-13)14(11-19)5-3-12(4-6-14)15(16,17)18/h12H,3-11,19H2,1-2H3. The Morgan fingerprint density at radius 3 is 1.95 bits per heavy atom. The van der Waals surface area contributed by atoms with Gasteiger partial charge in [-0.2, -0.15) is 13.2 Å². The van der Waals surface area contributed by atoms with Gasteiger partial charge in [0.15, 0.2) is 0 Å². The molecule has 1 aliphatic carbocycles. The Bertz CT molecular complexity index is 321. The van der Waals surface area contributed by atoms with E-state index in [4.69, 9.17) is 5.73 Å². The maximum Gasteiger partial charge on any atom is 0.391 e. The Balaban J connectivity index is 1.99. The zero-order valence-corrected chi connectivity index (χ0v) is 12.6. The van der Waals surface area contributed by atoms with Crippen LogP contribution in [0.25, 0.3) is 0 Å². The molecule has 0 amide bonds. The summed E-state index contributed by atoms with van der Waals surface area (Å²) in [5.74, 6) is -1.12. The molecule has 0 atom stereocenters. The van der Waals surface area contributed by atoms with Gasteiger partial charge in [0, 0.05) is 12.1 Å². The van der Waals surface area contributed by atoms with Crippen molar-refractivity contribution in [2.45, 2.75) is 64.1 Å². The number of hydrogen-bond donors (Lipinski definition) is 1. The summed E-state index contributed by atoms with van der Waals surface area (Å²) in [6, 6.07) is 0. The van der Waals surface area contributed by atoms with E-state index in [1.54, 1.807) is 0 Å². The first-order valence-electron chi connectivity index (χ1n) is 7.70. The molecule has 0 bridgehead atoms. The molecule has 0 aromatic rings. The van der Waals surface area contributed by atoms with Crippen molar-refractivity contribution < 1.29 is 13.2 Å². The maximum atomic E-state index is 12.8. The van der Waals surface area contributed by atoms with Crippen molar-refractivity contribution in [1.82, 2.24) is 4.90 Å². The average Bonchev–Trinajstić information content (AvgIpc) is 2.37. The van der Waals surface area contributed by atoms with Crippen LogP contribution in [0.2, 0.25) is 0 Å². The van der Waals surface area contributed by atoms with Gasteiger partial charge in [0.05, 0.1) is 5.92 Å². The molecule has 2 nitrogen and oxygen atoms in total. The summed E-state index contributed by atoms with van der Waals surface area (Å²) in [5, 5.41) is 0. The fraction of sp³-hybridized carbons (Fsp3) is 1.00. The van der Waals surface area contributed by atoms with Crippen LogP contribution in [-0.4, -0.2) is 36.2 Å². The molecule has 2 aliphatic rings. The second-order valence-electron chi connectivity index (χ2n) is 7.40. The molecular weight excluding hydrogens is 265 g/mol. The van der Waals surface area contributed by atoms with Gasteiger partial charge in [0.25, 0.3) is 0 Å². The van der Waals surface area contributed by atoms with Crippen LogP contribution in [0.3, 0.4) is 0 Å². The summed E-state index contributed by atoms with van der Waals surface area (Å²) in [6.45, 7) is 6.96. The summed E-state index contributed by atoms with van der Waals surface area (Å²) in [4.78, 5) is 2.38. The highest BCUT2D eigenvalue weighted by Crippen LogP contribution is 2.44. The molecule has 1 saturated heterocycles. The Hall–Kier alpha value is -0.290. The number of alkyl halides is 3. The fourth-order valence-corrected chi connectivity index (χ4v) is 3.72. The van der Waals surface area contributed by atoms with Gasteiger partial charge in [-0.15, -0.1) is 0 Å². The second-order valence-corrected chi connectivity index (χ2v) is 7.40. The van der Waals surface area contributed by atoms with E-state index >= 15 is 0 Å². The lowest BCUT2D eigenvalue weighted by Gasteiger charge is -2.51. The van der Waals surface area contributed by atoms with Crippen LogP contribution in [0.5, 0.6) is 0 Å². The van der Waals surface area contributed by atoms with E-state index in [2.05, 4.69) is 18.7 Å². The van der Waals surface area contributed by atoms with E-state index < -0.39 is 12.1 Å². The quantitative estimate of drug-likeness (QED) is 0.843. The first-order chi connectivity index (χ1) is 9.19. The third-order valence-electron chi connectivity index (χ3n) is 5.55. The molecule has 0 unspecified atom stereocenters. The summed E-state index contributed by atoms with van der Waals surface area (Å²) in [7, 11) is 0. The van der Waals surface area contributed by atoms with Crippen LogP contribution in [0.15, 0.2) is 0 Å². The van der Waals surface area contributed by atoms with Crippen LogP contribution in [0.4, 0.5) is 13.2 Å². The van der Waals surface area contributed by atoms with Gasteiger partial charge in [0.1, 0.15) is 0 Å². The van der Waals surface area contributed by atoms with Crippen LogP contribution < -0.4 is 5.73 Å². The van der Waals surface area contributed by atoms with Gasteiger partial charge in [-0.1, -0.05) is 13.8 Å². The number of hydrogen-bond acceptors (Lipinski definition) is 2. The smallest absolute Gasteiger partial charge is 0.329 e. The molecule has 0 aromatic heterocycles. The highest BCUT2D eigenvalue weighted by atomic mass is 19.4. The summed E-state index contributed by atoms with van der Waals surface area (Å²) in [6.07, 6.45) is -0.164. The number of nitrogens with two attached hydrogens (primary N) is 1. The predicted molar refractivity (Wildman–Crippen MR) is 74.4 cm³/mol. The van der Waals surface area contributed by atoms with Crippen LogP contribution >= 0.6 is 0 Å². The maximum absolute atomic E-state index is 12.8. The van der Waals surface area contributed by atoms with Gasteiger partial charge in [0.2, 0.25) is 0 Å². The van der Waals surface area contributed by atoms with Crippen molar-refractivity contribution in [3.63, 3.8) is 0 Å². The fourth-order valence-electron chi connectivity index (χ4n) is 3.72. The first kappa shape index (κ1) is 16.1. The van der Waals surface area contributed by atoms with Gasteiger partial charge >= 0.3 is 6.18 Å². The van der Waals surface area contributed by atoms with E-state index in [9.17, 15) is 13.2 Å². The molecular formula is C15H27F3N2. The van der Waals surface area contributed by atoms with Gasteiger partial charge in [-0.05, 0) is 57.0 Å². The topological polar surface area (TPSA) is 29.3 Å². The molecule has 2 N–H and O–H groups in total. The molecule has 0 aromatic carbocycles. The number of nitrogens with zero attached hydrogens (tertiary/aromatic N) is 1. The molecule has 2 fully saturated rings. The molecule has 0 radical (unpaired) electrons. The van der Waals surface area contributed by atoms with Gasteiger partial charge in [-0.25, -0.2) is 0 Å². The number of halogens is 3. The minimum atomic E-state index is -4.04. The van der Waals surface area contributed by atoms with E-state index in [0.29, 0.717) is 24.8 Å². The average molecular weight is 292 g/mol. The minimum absolute atomic E-state index is 0.182. The highest BCUT2D eigenvalue weighted by molar-refractivity contribution is 4.99. The molecule has 1 heterocycles. The molecule has 1 aliphatic heterocycles. The third-order valence-corrected chi connectivity index (χ3v) is 5.55. The van der Waals surface area contributed by atoms with Gasteiger partial charge in [-0.3, -0.25) is 4.90 Å². The lowest BCUT2D eigenvalue weighted by Crippen LogP contribution is -2.59. The minimum Gasteiger partial charge on any atom is -0.329 e.